The Bertz CT molecular complexity index is 2100. The number of amides is 2. The molecule has 0 radical (unpaired) electrons. The molecule has 0 heterocycles. The average Bonchev–Trinajstić information content (AvgIpc) is 3.19. The van der Waals surface area contributed by atoms with E-state index in [4.69, 9.17) is 0 Å². The highest BCUT2D eigenvalue weighted by molar-refractivity contribution is 6.11. The van der Waals surface area contributed by atoms with Gasteiger partial charge in [-0.1, -0.05) is 120 Å². The van der Waals surface area contributed by atoms with Gasteiger partial charge in [-0.25, -0.2) is 0 Å². The minimum atomic E-state index is -0.454. The molecule has 0 spiro atoms. The second-order valence-corrected chi connectivity index (χ2v) is 14.4. The van der Waals surface area contributed by atoms with Crippen molar-refractivity contribution in [1.29, 1.82) is 0 Å². The molecular formula is C47H50N2O4. The molecule has 2 N–H and O–H groups in total. The van der Waals surface area contributed by atoms with Gasteiger partial charge in [0.25, 0.3) is 11.8 Å². The maximum atomic E-state index is 14.2. The molecule has 53 heavy (non-hydrogen) atoms. The van der Waals surface area contributed by atoms with Crippen LogP contribution in [-0.2, 0) is 0 Å². The number of nitrogens with one attached hydrogen (secondary N) is 2. The summed E-state index contributed by atoms with van der Waals surface area (Å²) in [5, 5.41) is 5.90. The molecule has 0 aliphatic rings. The normalized spacial score (nSPS) is 13.9. The van der Waals surface area contributed by atoms with Crippen molar-refractivity contribution in [3.05, 3.63) is 166 Å². The summed E-state index contributed by atoms with van der Waals surface area (Å²) in [5.74, 6) is -1.51. The molecule has 5 atom stereocenters. The molecule has 0 saturated heterocycles. The van der Waals surface area contributed by atoms with Gasteiger partial charge < -0.3 is 10.6 Å². The number of hydrogen-bond acceptors (Lipinski definition) is 4. The monoisotopic (exact) mass is 706 g/mol. The lowest BCUT2D eigenvalue weighted by molar-refractivity contribution is 0.0907. The van der Waals surface area contributed by atoms with Gasteiger partial charge >= 0.3 is 0 Å². The number of benzene rings is 5. The zero-order valence-corrected chi connectivity index (χ0v) is 31.8. The first-order valence-corrected chi connectivity index (χ1v) is 18.5. The van der Waals surface area contributed by atoms with Crippen LogP contribution in [0.15, 0.2) is 121 Å². The largest absolute Gasteiger partial charge is 0.322 e. The molecule has 0 aliphatic heterocycles. The summed E-state index contributed by atoms with van der Waals surface area (Å²) in [6, 6.07) is 37.2. The van der Waals surface area contributed by atoms with Crippen LogP contribution in [0.25, 0.3) is 0 Å². The van der Waals surface area contributed by atoms with Gasteiger partial charge in [-0.15, -0.1) is 0 Å². The smallest absolute Gasteiger partial charge is 0.255 e. The number of hydrogen-bond donors (Lipinski definition) is 2. The first-order chi connectivity index (χ1) is 25.4. The molecule has 0 fully saturated rings. The molecule has 5 aromatic rings. The summed E-state index contributed by atoms with van der Waals surface area (Å²) in [6.45, 7) is 14.2. The van der Waals surface area contributed by atoms with Crippen molar-refractivity contribution in [3.8, 4) is 0 Å². The molecule has 6 nitrogen and oxygen atoms in total. The summed E-state index contributed by atoms with van der Waals surface area (Å²) in [5.41, 5.74) is 6.72. The number of carbonyl (C=O) groups excluding carboxylic acids is 4. The highest BCUT2D eigenvalue weighted by Crippen LogP contribution is 2.32. The second-order valence-electron chi connectivity index (χ2n) is 14.4. The number of Topliss-reactive ketones (excluding diaryl/α,β-unsaturated/α-hetero) is 2. The van der Waals surface area contributed by atoms with Gasteiger partial charge in [0.15, 0.2) is 11.6 Å². The van der Waals surface area contributed by atoms with Gasteiger partial charge in [0.05, 0.1) is 0 Å². The Kier molecular flexibility index (Phi) is 12.6. The van der Waals surface area contributed by atoms with Crippen LogP contribution >= 0.6 is 0 Å². The number of rotatable bonds is 14. The van der Waals surface area contributed by atoms with E-state index in [0.29, 0.717) is 28.4 Å². The van der Waals surface area contributed by atoms with Gasteiger partial charge in [0.1, 0.15) is 0 Å². The third-order valence-corrected chi connectivity index (χ3v) is 10.7. The predicted molar refractivity (Wildman–Crippen MR) is 215 cm³/mol. The van der Waals surface area contributed by atoms with Crippen LogP contribution in [0.3, 0.4) is 0 Å². The lowest BCUT2D eigenvalue weighted by atomic mass is 9.82. The van der Waals surface area contributed by atoms with Gasteiger partial charge in [-0.3, -0.25) is 19.2 Å². The Balaban J connectivity index is 1.43. The summed E-state index contributed by atoms with van der Waals surface area (Å²) in [4.78, 5) is 55.0. The third-order valence-electron chi connectivity index (χ3n) is 10.7. The molecule has 0 bridgehead atoms. The summed E-state index contributed by atoms with van der Waals surface area (Å²) in [7, 11) is 0. The van der Waals surface area contributed by atoms with Crippen LogP contribution in [0, 0.1) is 18.8 Å². The Hall–Kier alpha value is -5.62. The maximum absolute atomic E-state index is 14.2. The van der Waals surface area contributed by atoms with Crippen molar-refractivity contribution in [2.24, 2.45) is 11.8 Å². The minimum Gasteiger partial charge on any atom is -0.322 e. The second kappa shape index (κ2) is 17.3. The van der Waals surface area contributed by atoms with E-state index in [9.17, 15) is 19.2 Å². The number of anilines is 2. The van der Waals surface area contributed by atoms with E-state index in [-0.39, 0.29) is 40.4 Å². The standard InChI is InChI=1S/C47H50N2O4/c1-8-30(3)36-18-13-19-37(24-36)31(4)34(7)45(51)39-25-40(46(52)48-42-21-12-15-29(2)23-42)27-41(26-39)47(53)49-43-22-14-20-38(28-43)32(5)33(6)44(50)35-16-10-9-11-17-35/h9-28,30-34H,8H2,1-7H3,(H,48,52)(H,49,53). The third kappa shape index (κ3) is 9.44. The van der Waals surface area contributed by atoms with E-state index in [1.807, 2.05) is 107 Å². The molecule has 5 aromatic carbocycles. The molecule has 0 saturated carbocycles. The molecule has 2 amide bonds. The lowest BCUT2D eigenvalue weighted by Crippen LogP contribution is -2.21. The van der Waals surface area contributed by atoms with E-state index >= 15 is 0 Å². The van der Waals surface area contributed by atoms with Crippen molar-refractivity contribution in [1.82, 2.24) is 0 Å². The Morgan fingerprint density at radius 2 is 0.962 bits per heavy atom. The molecule has 0 aromatic heterocycles. The van der Waals surface area contributed by atoms with Gasteiger partial charge in [0, 0.05) is 45.5 Å². The van der Waals surface area contributed by atoms with Gasteiger partial charge in [-0.05, 0) is 95.8 Å². The minimum absolute atomic E-state index is 0.0530. The number of carbonyl (C=O) groups is 4. The van der Waals surface area contributed by atoms with Gasteiger partial charge in [0.2, 0.25) is 0 Å². The quantitative estimate of drug-likeness (QED) is 0.112. The number of ketones is 2. The molecule has 272 valence electrons. The predicted octanol–water partition coefficient (Wildman–Crippen LogP) is 11.3. The van der Waals surface area contributed by atoms with Crippen molar-refractivity contribution >= 4 is 34.8 Å². The fourth-order valence-corrected chi connectivity index (χ4v) is 6.61. The highest BCUT2D eigenvalue weighted by Gasteiger charge is 2.27. The van der Waals surface area contributed by atoms with E-state index in [1.165, 1.54) is 11.6 Å². The molecule has 0 aliphatic carbocycles. The van der Waals surface area contributed by atoms with Crippen molar-refractivity contribution in [2.75, 3.05) is 10.6 Å². The SMILES string of the molecule is CCC(C)c1cccc(C(C)C(C)C(=O)c2cc(C(=O)Nc3cccc(C)c3)cc(C(=O)Nc3cccc(C(C)C(C)C(=O)c4ccccc4)c3)c2)c1. The fourth-order valence-electron chi connectivity index (χ4n) is 6.61. The molecule has 6 heteroatoms. The van der Waals surface area contributed by atoms with Crippen LogP contribution in [0.2, 0.25) is 0 Å². The van der Waals surface area contributed by atoms with E-state index < -0.39 is 17.7 Å². The Morgan fingerprint density at radius 3 is 1.53 bits per heavy atom. The molecule has 5 rings (SSSR count). The van der Waals surface area contributed by atoms with Crippen LogP contribution in [0.5, 0.6) is 0 Å². The molecular weight excluding hydrogens is 657 g/mol. The van der Waals surface area contributed by atoms with Crippen LogP contribution < -0.4 is 10.6 Å². The van der Waals surface area contributed by atoms with E-state index in [2.05, 4.69) is 42.7 Å². The van der Waals surface area contributed by atoms with Crippen LogP contribution in [0.1, 0.15) is 129 Å². The van der Waals surface area contributed by atoms with Gasteiger partial charge in [-0.2, -0.15) is 0 Å². The Morgan fingerprint density at radius 1 is 0.491 bits per heavy atom. The fraction of sp³-hybridized carbons (Fsp3) is 0.277. The lowest BCUT2D eigenvalue weighted by Gasteiger charge is -2.22. The zero-order chi connectivity index (χ0) is 38.2. The van der Waals surface area contributed by atoms with E-state index in [1.54, 1.807) is 24.3 Å². The van der Waals surface area contributed by atoms with E-state index in [0.717, 1.165) is 23.1 Å². The van der Waals surface area contributed by atoms with Crippen molar-refractivity contribution in [2.45, 2.75) is 72.6 Å². The summed E-state index contributed by atoms with van der Waals surface area (Å²) in [6.07, 6.45) is 1.02. The van der Waals surface area contributed by atoms with Crippen LogP contribution in [-0.4, -0.2) is 23.4 Å². The topological polar surface area (TPSA) is 92.3 Å². The first-order valence-electron chi connectivity index (χ1n) is 18.5. The first kappa shape index (κ1) is 38.6. The maximum Gasteiger partial charge on any atom is 0.255 e. The Labute approximate surface area is 314 Å². The number of aryl methyl sites for hydroxylation is 1. The average molecular weight is 707 g/mol. The van der Waals surface area contributed by atoms with Crippen molar-refractivity contribution in [3.63, 3.8) is 0 Å². The summed E-state index contributed by atoms with van der Waals surface area (Å²) >= 11 is 0. The van der Waals surface area contributed by atoms with Crippen LogP contribution in [0.4, 0.5) is 11.4 Å². The summed E-state index contributed by atoms with van der Waals surface area (Å²) < 4.78 is 0. The molecule has 5 unspecified atom stereocenters. The zero-order valence-electron chi connectivity index (χ0n) is 31.8. The highest BCUT2D eigenvalue weighted by atomic mass is 16.2. The van der Waals surface area contributed by atoms with Crippen molar-refractivity contribution < 1.29 is 19.2 Å².